The minimum atomic E-state index is -0.574. The molecule has 5 nitrogen and oxygen atoms in total. The van der Waals surface area contributed by atoms with Crippen LogP contribution in [0.25, 0.3) is 0 Å². The molecule has 6 heteroatoms. The highest BCUT2D eigenvalue weighted by Gasteiger charge is 2.18. The van der Waals surface area contributed by atoms with E-state index in [0.29, 0.717) is 5.69 Å². The number of nitrogens with one attached hydrogen (secondary N) is 1. The second-order valence-electron chi connectivity index (χ2n) is 4.43. The molecule has 0 unspecified atom stereocenters. The van der Waals surface area contributed by atoms with Crippen LogP contribution in [-0.2, 0) is 13.0 Å². The van der Waals surface area contributed by atoms with E-state index in [2.05, 4.69) is 26.6 Å². The Balaban J connectivity index is 1.75. The number of amides is 2. The van der Waals surface area contributed by atoms with Gasteiger partial charge in [-0.05, 0) is 35.6 Å². The van der Waals surface area contributed by atoms with Crippen LogP contribution in [0.1, 0.15) is 10.4 Å². The van der Waals surface area contributed by atoms with Crippen molar-refractivity contribution in [2.24, 2.45) is 5.73 Å². The normalized spacial score (nSPS) is 14.0. The summed E-state index contributed by atoms with van der Waals surface area (Å²) in [6.07, 6.45) is 2.69. The molecule has 0 fully saturated rings. The molecule has 2 aromatic heterocycles. The molecule has 1 aliphatic heterocycles. The number of carbonyl (C=O) groups is 1. The van der Waals surface area contributed by atoms with Crippen molar-refractivity contribution in [3.63, 3.8) is 0 Å². The van der Waals surface area contributed by atoms with Crippen LogP contribution >= 0.6 is 11.3 Å². The Morgan fingerprint density at radius 3 is 3.05 bits per heavy atom. The third kappa shape index (κ3) is 2.53. The molecule has 98 valence electrons. The first kappa shape index (κ1) is 12.0. The van der Waals surface area contributed by atoms with Crippen LogP contribution in [0.4, 0.5) is 16.3 Å². The van der Waals surface area contributed by atoms with Gasteiger partial charge in [0, 0.05) is 18.0 Å². The van der Waals surface area contributed by atoms with Gasteiger partial charge in [0.1, 0.15) is 5.82 Å². The summed E-state index contributed by atoms with van der Waals surface area (Å²) in [6.45, 7) is 1.87. The molecule has 3 rings (SSSR count). The van der Waals surface area contributed by atoms with E-state index in [1.807, 2.05) is 23.5 Å². The average Bonchev–Trinajstić information content (AvgIpc) is 2.86. The predicted molar refractivity (Wildman–Crippen MR) is 76.5 cm³/mol. The SMILES string of the molecule is NC(=O)Nc1ccc(N2CCc3sccc3C2)nc1. The highest BCUT2D eigenvalue weighted by molar-refractivity contribution is 7.10. The quantitative estimate of drug-likeness (QED) is 0.882. The molecule has 19 heavy (non-hydrogen) atoms. The van der Waals surface area contributed by atoms with E-state index in [1.165, 1.54) is 10.4 Å². The number of nitrogens with two attached hydrogens (primary N) is 1. The van der Waals surface area contributed by atoms with Crippen LogP contribution in [0, 0.1) is 0 Å². The van der Waals surface area contributed by atoms with Crippen LogP contribution < -0.4 is 16.0 Å². The summed E-state index contributed by atoms with van der Waals surface area (Å²) in [6, 6.07) is 5.32. The van der Waals surface area contributed by atoms with Gasteiger partial charge in [0.25, 0.3) is 0 Å². The van der Waals surface area contributed by atoms with Crippen molar-refractivity contribution in [1.29, 1.82) is 0 Å². The summed E-state index contributed by atoms with van der Waals surface area (Å²) in [5.74, 6) is 0.923. The lowest BCUT2D eigenvalue weighted by Gasteiger charge is -2.28. The Labute approximate surface area is 115 Å². The molecule has 1 aliphatic rings. The third-order valence-corrected chi connectivity index (χ3v) is 4.17. The molecule has 0 aliphatic carbocycles. The second-order valence-corrected chi connectivity index (χ2v) is 5.44. The average molecular weight is 274 g/mol. The number of anilines is 2. The Bertz CT molecular complexity index is 593. The molecular formula is C13H14N4OS. The molecule has 3 N–H and O–H groups in total. The van der Waals surface area contributed by atoms with Crippen molar-refractivity contribution in [1.82, 2.24) is 4.98 Å². The fourth-order valence-electron chi connectivity index (χ4n) is 2.23. The van der Waals surface area contributed by atoms with Crippen molar-refractivity contribution in [3.05, 3.63) is 40.2 Å². The maximum atomic E-state index is 10.7. The largest absolute Gasteiger partial charge is 0.352 e. The number of urea groups is 1. The number of pyridine rings is 1. The number of rotatable bonds is 2. The van der Waals surface area contributed by atoms with Crippen LogP contribution in [0.5, 0.6) is 0 Å². The van der Waals surface area contributed by atoms with Gasteiger partial charge in [-0.1, -0.05) is 0 Å². The highest BCUT2D eigenvalue weighted by Crippen LogP contribution is 2.27. The summed E-state index contributed by atoms with van der Waals surface area (Å²) < 4.78 is 0. The molecule has 0 spiro atoms. The predicted octanol–water partition coefficient (Wildman–Crippen LogP) is 2.20. The monoisotopic (exact) mass is 274 g/mol. The fourth-order valence-corrected chi connectivity index (χ4v) is 3.12. The van der Waals surface area contributed by atoms with E-state index in [1.54, 1.807) is 6.20 Å². The van der Waals surface area contributed by atoms with Crippen molar-refractivity contribution in [3.8, 4) is 0 Å². The first-order valence-corrected chi connectivity index (χ1v) is 6.93. The molecule has 2 aromatic rings. The number of hydrogen-bond donors (Lipinski definition) is 2. The number of fused-ring (bicyclic) bond motifs is 1. The minimum Gasteiger partial charge on any atom is -0.352 e. The Kier molecular flexibility index (Phi) is 3.08. The van der Waals surface area contributed by atoms with Gasteiger partial charge >= 0.3 is 6.03 Å². The van der Waals surface area contributed by atoms with Crippen molar-refractivity contribution < 1.29 is 4.79 Å². The summed E-state index contributed by atoms with van der Waals surface area (Å²) in [7, 11) is 0. The van der Waals surface area contributed by atoms with Gasteiger partial charge in [-0.25, -0.2) is 9.78 Å². The van der Waals surface area contributed by atoms with Crippen LogP contribution in [0.3, 0.4) is 0 Å². The topological polar surface area (TPSA) is 71.2 Å². The number of primary amides is 1. The highest BCUT2D eigenvalue weighted by atomic mass is 32.1. The maximum absolute atomic E-state index is 10.7. The smallest absolute Gasteiger partial charge is 0.316 e. The fraction of sp³-hybridized carbons (Fsp3) is 0.231. The van der Waals surface area contributed by atoms with Crippen molar-refractivity contribution in [2.45, 2.75) is 13.0 Å². The van der Waals surface area contributed by atoms with Gasteiger partial charge in [-0.3, -0.25) is 0 Å². The standard InChI is InChI=1S/C13H14N4OS/c14-13(18)16-10-1-2-12(15-7-10)17-5-3-11-9(8-17)4-6-19-11/h1-2,4,6-7H,3,5,8H2,(H3,14,16,18). The van der Waals surface area contributed by atoms with E-state index in [-0.39, 0.29) is 0 Å². The number of carbonyl (C=O) groups excluding carboxylic acids is 1. The van der Waals surface area contributed by atoms with Gasteiger partial charge in [-0.15, -0.1) is 11.3 Å². The van der Waals surface area contributed by atoms with Gasteiger partial charge in [0.2, 0.25) is 0 Å². The van der Waals surface area contributed by atoms with E-state index in [0.717, 1.165) is 25.3 Å². The Morgan fingerprint density at radius 1 is 1.42 bits per heavy atom. The molecule has 0 aromatic carbocycles. The zero-order chi connectivity index (χ0) is 13.2. The minimum absolute atomic E-state index is 0.574. The first-order valence-electron chi connectivity index (χ1n) is 6.05. The van der Waals surface area contributed by atoms with E-state index in [9.17, 15) is 4.79 Å². The van der Waals surface area contributed by atoms with Crippen molar-refractivity contribution in [2.75, 3.05) is 16.8 Å². The number of aromatic nitrogens is 1. The third-order valence-electron chi connectivity index (χ3n) is 3.15. The van der Waals surface area contributed by atoms with Crippen molar-refractivity contribution >= 4 is 28.9 Å². The summed E-state index contributed by atoms with van der Waals surface area (Å²) >= 11 is 1.82. The summed E-state index contributed by atoms with van der Waals surface area (Å²) in [4.78, 5) is 18.8. The molecule has 0 saturated heterocycles. The number of hydrogen-bond acceptors (Lipinski definition) is 4. The van der Waals surface area contributed by atoms with Crippen LogP contribution in [0.2, 0.25) is 0 Å². The lowest BCUT2D eigenvalue weighted by Crippen LogP contribution is -2.30. The first-order chi connectivity index (χ1) is 9.22. The zero-order valence-electron chi connectivity index (χ0n) is 10.3. The maximum Gasteiger partial charge on any atom is 0.316 e. The van der Waals surface area contributed by atoms with E-state index >= 15 is 0 Å². The molecule has 0 radical (unpaired) electrons. The van der Waals surface area contributed by atoms with Gasteiger partial charge in [-0.2, -0.15) is 0 Å². The molecule has 0 saturated carbocycles. The van der Waals surface area contributed by atoms with Gasteiger partial charge in [0.15, 0.2) is 0 Å². The van der Waals surface area contributed by atoms with Crippen LogP contribution in [-0.4, -0.2) is 17.6 Å². The van der Waals surface area contributed by atoms with E-state index < -0.39 is 6.03 Å². The number of nitrogens with zero attached hydrogens (tertiary/aromatic N) is 2. The molecule has 2 amide bonds. The lowest BCUT2D eigenvalue weighted by atomic mass is 10.1. The molecule has 0 atom stereocenters. The molecule has 0 bridgehead atoms. The summed E-state index contributed by atoms with van der Waals surface area (Å²) in [5.41, 5.74) is 7.06. The zero-order valence-corrected chi connectivity index (χ0v) is 11.1. The number of thiophene rings is 1. The Morgan fingerprint density at radius 2 is 2.32 bits per heavy atom. The molecule has 3 heterocycles. The Hall–Kier alpha value is -2.08. The van der Waals surface area contributed by atoms with E-state index in [4.69, 9.17) is 5.73 Å². The second kappa shape index (κ2) is 4.89. The van der Waals surface area contributed by atoms with Gasteiger partial charge in [0.05, 0.1) is 11.9 Å². The molecular weight excluding hydrogens is 260 g/mol. The summed E-state index contributed by atoms with van der Waals surface area (Å²) in [5, 5.41) is 4.65. The lowest BCUT2D eigenvalue weighted by molar-refractivity contribution is 0.259. The van der Waals surface area contributed by atoms with Gasteiger partial charge < -0.3 is 16.0 Å². The van der Waals surface area contributed by atoms with Crippen LogP contribution in [0.15, 0.2) is 29.8 Å².